The van der Waals surface area contributed by atoms with Crippen LogP contribution in [-0.4, -0.2) is 60.8 Å². The molecule has 0 aromatic heterocycles. The Morgan fingerprint density at radius 1 is 1.00 bits per heavy atom. The Bertz CT molecular complexity index is 356. The van der Waals surface area contributed by atoms with E-state index in [1.165, 1.54) is 5.56 Å². The Balaban J connectivity index is 1.71. The molecule has 1 saturated heterocycles. The van der Waals surface area contributed by atoms with Crippen molar-refractivity contribution < 1.29 is 5.11 Å². The van der Waals surface area contributed by atoms with Gasteiger partial charge in [0.25, 0.3) is 0 Å². The fraction of sp³-hybridized carbons (Fsp3) is 0.467. The zero-order chi connectivity index (χ0) is 12.6. The molecule has 0 unspecified atom stereocenters. The van der Waals surface area contributed by atoms with Gasteiger partial charge in [-0.05, 0) is 5.56 Å². The first-order chi connectivity index (χ1) is 8.88. The van der Waals surface area contributed by atoms with Crippen LogP contribution in [0.5, 0.6) is 0 Å². The van der Waals surface area contributed by atoms with Gasteiger partial charge in [-0.3, -0.25) is 9.80 Å². The Labute approximate surface area is 109 Å². The molecule has 0 spiro atoms. The third kappa shape index (κ3) is 4.26. The van der Waals surface area contributed by atoms with Crippen molar-refractivity contribution in [3.8, 4) is 0 Å². The van der Waals surface area contributed by atoms with Crippen LogP contribution >= 0.6 is 0 Å². The number of nitrogens with zero attached hydrogens (tertiary/aromatic N) is 2. The molecule has 1 aliphatic heterocycles. The van der Waals surface area contributed by atoms with Crippen molar-refractivity contribution in [2.24, 2.45) is 0 Å². The summed E-state index contributed by atoms with van der Waals surface area (Å²) in [4.78, 5) is 4.77. The summed E-state index contributed by atoms with van der Waals surface area (Å²) >= 11 is 0. The van der Waals surface area contributed by atoms with E-state index in [0.717, 1.165) is 39.3 Å². The predicted molar refractivity (Wildman–Crippen MR) is 75.4 cm³/mol. The number of aliphatic hydroxyl groups excluding tert-OH is 1. The van der Waals surface area contributed by atoms with Gasteiger partial charge in [0.05, 0.1) is 6.61 Å². The molecule has 1 aliphatic rings. The van der Waals surface area contributed by atoms with Crippen molar-refractivity contribution >= 4 is 6.08 Å². The highest BCUT2D eigenvalue weighted by molar-refractivity contribution is 5.48. The summed E-state index contributed by atoms with van der Waals surface area (Å²) in [5, 5.41) is 8.89. The molecule has 1 aromatic rings. The lowest BCUT2D eigenvalue weighted by Crippen LogP contribution is -2.47. The average Bonchev–Trinajstić information content (AvgIpc) is 2.42. The molecule has 3 nitrogen and oxygen atoms in total. The third-order valence-electron chi connectivity index (χ3n) is 3.35. The van der Waals surface area contributed by atoms with Crippen molar-refractivity contribution in [3.63, 3.8) is 0 Å². The molecular weight excluding hydrogens is 224 g/mol. The molecule has 0 saturated carbocycles. The fourth-order valence-electron chi connectivity index (χ4n) is 2.24. The van der Waals surface area contributed by atoms with Gasteiger partial charge in [0.2, 0.25) is 0 Å². The van der Waals surface area contributed by atoms with Crippen molar-refractivity contribution in [1.29, 1.82) is 0 Å². The number of benzene rings is 1. The molecule has 1 aromatic carbocycles. The molecular formula is C15H22N2O. The molecule has 1 fully saturated rings. The first kappa shape index (κ1) is 13.3. The number of hydrogen-bond donors (Lipinski definition) is 1. The van der Waals surface area contributed by atoms with Gasteiger partial charge in [-0.15, -0.1) is 0 Å². The van der Waals surface area contributed by atoms with Crippen molar-refractivity contribution in [2.45, 2.75) is 0 Å². The number of rotatable bonds is 5. The van der Waals surface area contributed by atoms with Crippen molar-refractivity contribution in [3.05, 3.63) is 42.0 Å². The molecule has 0 amide bonds. The second-order valence-electron chi connectivity index (χ2n) is 4.68. The van der Waals surface area contributed by atoms with Gasteiger partial charge in [-0.2, -0.15) is 0 Å². The predicted octanol–water partition coefficient (Wildman–Crippen LogP) is 1.31. The third-order valence-corrected chi connectivity index (χ3v) is 3.35. The molecule has 98 valence electrons. The lowest BCUT2D eigenvalue weighted by Gasteiger charge is -2.33. The molecule has 0 atom stereocenters. The number of piperazine rings is 1. The number of aliphatic hydroxyl groups is 1. The monoisotopic (exact) mass is 246 g/mol. The Kier molecular flexibility index (Phi) is 5.39. The highest BCUT2D eigenvalue weighted by Crippen LogP contribution is 2.04. The topological polar surface area (TPSA) is 26.7 Å². The van der Waals surface area contributed by atoms with Crippen LogP contribution in [0.1, 0.15) is 5.56 Å². The van der Waals surface area contributed by atoms with Gasteiger partial charge in [-0.25, -0.2) is 0 Å². The summed E-state index contributed by atoms with van der Waals surface area (Å²) in [7, 11) is 0. The van der Waals surface area contributed by atoms with E-state index < -0.39 is 0 Å². The molecule has 0 radical (unpaired) electrons. The van der Waals surface area contributed by atoms with Crippen LogP contribution in [0.2, 0.25) is 0 Å². The Morgan fingerprint density at radius 2 is 1.67 bits per heavy atom. The number of β-amino-alcohol motifs (C(OH)–C–C–N with tert-alkyl or cyclic N) is 1. The van der Waals surface area contributed by atoms with E-state index in [1.807, 2.05) is 6.07 Å². The molecule has 1 heterocycles. The van der Waals surface area contributed by atoms with Crippen LogP contribution in [0.3, 0.4) is 0 Å². The zero-order valence-corrected chi connectivity index (χ0v) is 10.8. The second-order valence-corrected chi connectivity index (χ2v) is 4.68. The van der Waals surface area contributed by atoms with E-state index in [0.29, 0.717) is 0 Å². The molecule has 0 bridgehead atoms. The maximum Gasteiger partial charge on any atom is 0.0558 e. The van der Waals surface area contributed by atoms with Crippen LogP contribution in [0.25, 0.3) is 6.08 Å². The minimum absolute atomic E-state index is 0.272. The van der Waals surface area contributed by atoms with Crippen LogP contribution in [-0.2, 0) is 0 Å². The first-order valence-electron chi connectivity index (χ1n) is 6.65. The smallest absolute Gasteiger partial charge is 0.0558 e. The minimum atomic E-state index is 0.272. The highest BCUT2D eigenvalue weighted by Gasteiger charge is 2.14. The van der Waals surface area contributed by atoms with Crippen molar-refractivity contribution in [2.75, 3.05) is 45.9 Å². The zero-order valence-electron chi connectivity index (χ0n) is 10.8. The Morgan fingerprint density at radius 3 is 2.33 bits per heavy atom. The first-order valence-corrected chi connectivity index (χ1v) is 6.65. The van der Waals surface area contributed by atoms with E-state index in [9.17, 15) is 0 Å². The van der Waals surface area contributed by atoms with Crippen LogP contribution in [0.4, 0.5) is 0 Å². The summed E-state index contributed by atoms with van der Waals surface area (Å²) in [6.07, 6.45) is 4.41. The quantitative estimate of drug-likeness (QED) is 0.848. The fourth-order valence-corrected chi connectivity index (χ4v) is 2.24. The van der Waals surface area contributed by atoms with Crippen LogP contribution in [0, 0.1) is 0 Å². The lowest BCUT2D eigenvalue weighted by molar-refractivity contribution is 0.120. The van der Waals surface area contributed by atoms with E-state index in [-0.39, 0.29) is 6.61 Å². The van der Waals surface area contributed by atoms with Gasteiger partial charge in [-0.1, -0.05) is 42.5 Å². The molecule has 2 rings (SSSR count). The maximum absolute atomic E-state index is 8.89. The normalized spacial score (nSPS) is 18.5. The molecule has 1 N–H and O–H groups in total. The van der Waals surface area contributed by atoms with E-state index >= 15 is 0 Å². The van der Waals surface area contributed by atoms with Crippen molar-refractivity contribution in [1.82, 2.24) is 9.80 Å². The summed E-state index contributed by atoms with van der Waals surface area (Å²) in [6, 6.07) is 10.4. The minimum Gasteiger partial charge on any atom is -0.395 e. The van der Waals surface area contributed by atoms with Gasteiger partial charge in [0.1, 0.15) is 0 Å². The second kappa shape index (κ2) is 7.31. The summed E-state index contributed by atoms with van der Waals surface area (Å²) in [5.74, 6) is 0. The standard InChI is InChI=1S/C15H22N2O/c18-14-13-17-11-9-16(10-12-17)8-4-7-15-5-2-1-3-6-15/h1-7,18H,8-14H2/b7-4+. The summed E-state index contributed by atoms with van der Waals surface area (Å²) < 4.78 is 0. The van der Waals surface area contributed by atoms with Crippen LogP contribution in [0.15, 0.2) is 36.4 Å². The van der Waals surface area contributed by atoms with Gasteiger partial charge in [0, 0.05) is 39.3 Å². The highest BCUT2D eigenvalue weighted by atomic mass is 16.3. The summed E-state index contributed by atoms with van der Waals surface area (Å²) in [6.45, 7) is 6.43. The largest absolute Gasteiger partial charge is 0.395 e. The Hall–Kier alpha value is -1.16. The van der Waals surface area contributed by atoms with E-state index in [4.69, 9.17) is 5.11 Å². The molecule has 18 heavy (non-hydrogen) atoms. The van der Waals surface area contributed by atoms with Crippen LogP contribution < -0.4 is 0 Å². The SMILES string of the molecule is OCCN1CCN(C/C=C/c2ccccc2)CC1. The van der Waals surface area contributed by atoms with Gasteiger partial charge in [0.15, 0.2) is 0 Å². The van der Waals surface area contributed by atoms with E-state index in [2.05, 4.69) is 46.2 Å². The maximum atomic E-state index is 8.89. The molecule has 0 aliphatic carbocycles. The van der Waals surface area contributed by atoms with Gasteiger partial charge >= 0.3 is 0 Å². The summed E-state index contributed by atoms with van der Waals surface area (Å²) in [5.41, 5.74) is 1.26. The average molecular weight is 246 g/mol. The lowest BCUT2D eigenvalue weighted by atomic mass is 10.2. The van der Waals surface area contributed by atoms with Gasteiger partial charge < -0.3 is 5.11 Å². The number of hydrogen-bond acceptors (Lipinski definition) is 3. The molecule has 3 heteroatoms. The van der Waals surface area contributed by atoms with E-state index in [1.54, 1.807) is 0 Å².